The molecule has 0 saturated heterocycles. The topological polar surface area (TPSA) is 51.2 Å². The zero-order valence-electron chi connectivity index (χ0n) is 12.2. The van der Waals surface area contributed by atoms with Gasteiger partial charge in [0, 0.05) is 30.0 Å². The number of alkyl carbamates (subject to hydrolysis) is 1. The summed E-state index contributed by atoms with van der Waals surface area (Å²) in [5.41, 5.74) is 0.999. The van der Waals surface area contributed by atoms with Gasteiger partial charge in [-0.25, -0.2) is 18.6 Å². The normalized spacial score (nSPS) is 10.8. The molecule has 2 aromatic rings. The van der Waals surface area contributed by atoms with Gasteiger partial charge in [0.05, 0.1) is 11.8 Å². The van der Waals surface area contributed by atoms with Crippen LogP contribution in [-0.4, -0.2) is 23.7 Å². The van der Waals surface area contributed by atoms with Crippen LogP contribution in [0.1, 0.15) is 19.5 Å². The molecule has 0 aliphatic rings. The number of thiazole rings is 1. The summed E-state index contributed by atoms with van der Waals surface area (Å²) in [5, 5.41) is 4.88. The Bertz CT molecular complexity index is 659. The van der Waals surface area contributed by atoms with Gasteiger partial charge in [-0.05, 0) is 26.0 Å². The summed E-state index contributed by atoms with van der Waals surface area (Å²) in [7, 11) is 0. The van der Waals surface area contributed by atoms with Gasteiger partial charge in [0.15, 0.2) is 0 Å². The van der Waals surface area contributed by atoms with Crippen molar-refractivity contribution in [1.82, 2.24) is 10.3 Å². The predicted octanol–water partition coefficient (Wildman–Crippen LogP) is 3.77. The number of nitrogens with zero attached hydrogens (tertiary/aromatic N) is 1. The van der Waals surface area contributed by atoms with Gasteiger partial charge in [0.25, 0.3) is 0 Å². The third-order valence-corrected chi connectivity index (χ3v) is 3.63. The van der Waals surface area contributed by atoms with Gasteiger partial charge in [-0.3, -0.25) is 0 Å². The second-order valence-electron chi connectivity index (χ2n) is 4.90. The number of halogens is 2. The molecule has 1 amide bonds. The van der Waals surface area contributed by atoms with Crippen LogP contribution in [0.15, 0.2) is 23.6 Å². The molecule has 0 bridgehead atoms. The molecule has 7 heteroatoms. The van der Waals surface area contributed by atoms with E-state index in [0.29, 0.717) is 18.0 Å². The molecule has 118 valence electrons. The minimum atomic E-state index is -0.639. The molecule has 1 aromatic heterocycles. The van der Waals surface area contributed by atoms with Crippen LogP contribution in [0.4, 0.5) is 13.6 Å². The van der Waals surface area contributed by atoms with Gasteiger partial charge < -0.3 is 10.1 Å². The first-order chi connectivity index (χ1) is 10.5. The SMILES string of the molecule is CC(C)OC(=O)NCCc1csc(-c2ccc(F)cc2F)n1. The van der Waals surface area contributed by atoms with E-state index in [1.54, 1.807) is 19.2 Å². The maximum absolute atomic E-state index is 13.7. The van der Waals surface area contributed by atoms with Gasteiger partial charge in [-0.2, -0.15) is 0 Å². The number of carbonyl (C=O) groups excluding carboxylic acids is 1. The summed E-state index contributed by atoms with van der Waals surface area (Å²) in [4.78, 5) is 15.6. The Morgan fingerprint density at radius 1 is 1.41 bits per heavy atom. The van der Waals surface area contributed by atoms with Crippen LogP contribution in [0, 0.1) is 11.6 Å². The molecule has 4 nitrogen and oxygen atoms in total. The number of aromatic nitrogens is 1. The molecule has 0 unspecified atom stereocenters. The lowest BCUT2D eigenvalue weighted by Gasteiger charge is -2.08. The van der Waals surface area contributed by atoms with Crippen LogP contribution < -0.4 is 5.32 Å². The summed E-state index contributed by atoms with van der Waals surface area (Å²) in [6.07, 6.45) is -0.144. The molecule has 0 aliphatic heterocycles. The van der Waals surface area contributed by atoms with Crippen molar-refractivity contribution >= 4 is 17.4 Å². The average molecular weight is 326 g/mol. The standard InChI is InChI=1S/C15H16F2N2O2S/c1-9(2)21-15(20)18-6-5-11-8-22-14(19-11)12-4-3-10(16)7-13(12)17/h3-4,7-9H,5-6H2,1-2H3,(H,18,20). The van der Waals surface area contributed by atoms with E-state index < -0.39 is 17.7 Å². The number of hydrogen-bond donors (Lipinski definition) is 1. The van der Waals surface area contributed by atoms with Gasteiger partial charge in [0.1, 0.15) is 16.6 Å². The van der Waals surface area contributed by atoms with Crippen molar-refractivity contribution in [3.63, 3.8) is 0 Å². The molecule has 1 N–H and O–H groups in total. The van der Waals surface area contributed by atoms with Crippen molar-refractivity contribution in [2.75, 3.05) is 6.54 Å². The van der Waals surface area contributed by atoms with Crippen LogP contribution in [0.3, 0.4) is 0 Å². The number of nitrogens with one attached hydrogen (secondary N) is 1. The van der Waals surface area contributed by atoms with Crippen molar-refractivity contribution in [1.29, 1.82) is 0 Å². The van der Waals surface area contributed by atoms with E-state index in [-0.39, 0.29) is 11.7 Å². The maximum Gasteiger partial charge on any atom is 0.407 e. The molecule has 22 heavy (non-hydrogen) atoms. The second kappa shape index (κ2) is 7.31. The Balaban J connectivity index is 1.93. The fourth-order valence-corrected chi connectivity index (χ4v) is 2.64. The third-order valence-electron chi connectivity index (χ3n) is 2.71. The summed E-state index contributed by atoms with van der Waals surface area (Å²) in [6.45, 7) is 3.91. The van der Waals surface area contributed by atoms with E-state index in [2.05, 4.69) is 10.3 Å². The Kier molecular flexibility index (Phi) is 5.43. The Labute approximate surface area is 131 Å². The minimum Gasteiger partial charge on any atom is -0.447 e. The van der Waals surface area contributed by atoms with E-state index in [4.69, 9.17) is 4.74 Å². The molecule has 0 fully saturated rings. The number of rotatable bonds is 5. The zero-order valence-corrected chi connectivity index (χ0v) is 13.0. The molecule has 0 saturated carbocycles. The largest absolute Gasteiger partial charge is 0.447 e. The molecule has 1 aromatic carbocycles. The molecular weight excluding hydrogens is 310 g/mol. The number of amides is 1. The van der Waals surface area contributed by atoms with Crippen molar-refractivity contribution in [3.8, 4) is 10.6 Å². The van der Waals surface area contributed by atoms with Crippen LogP contribution in [0.2, 0.25) is 0 Å². The van der Waals surface area contributed by atoms with Crippen LogP contribution in [0.25, 0.3) is 10.6 Å². The smallest absolute Gasteiger partial charge is 0.407 e. The highest BCUT2D eigenvalue weighted by molar-refractivity contribution is 7.13. The van der Waals surface area contributed by atoms with E-state index in [1.165, 1.54) is 23.5 Å². The third kappa shape index (κ3) is 4.49. The fraction of sp³-hybridized carbons (Fsp3) is 0.333. The van der Waals surface area contributed by atoms with Crippen molar-refractivity contribution in [3.05, 3.63) is 40.9 Å². The first-order valence-corrected chi connectivity index (χ1v) is 7.68. The van der Waals surface area contributed by atoms with Gasteiger partial charge in [-0.1, -0.05) is 0 Å². The second-order valence-corrected chi connectivity index (χ2v) is 5.76. The first kappa shape index (κ1) is 16.4. The summed E-state index contributed by atoms with van der Waals surface area (Å²) >= 11 is 1.27. The molecule has 0 spiro atoms. The van der Waals surface area contributed by atoms with E-state index in [0.717, 1.165) is 11.8 Å². The predicted molar refractivity (Wildman–Crippen MR) is 80.8 cm³/mol. The van der Waals surface area contributed by atoms with Gasteiger partial charge in [-0.15, -0.1) is 11.3 Å². The molecule has 0 radical (unpaired) electrons. The van der Waals surface area contributed by atoms with Crippen molar-refractivity contribution < 1.29 is 18.3 Å². The van der Waals surface area contributed by atoms with Crippen LogP contribution in [0.5, 0.6) is 0 Å². The van der Waals surface area contributed by atoms with Crippen molar-refractivity contribution in [2.45, 2.75) is 26.4 Å². The number of carbonyl (C=O) groups is 1. The van der Waals surface area contributed by atoms with E-state index >= 15 is 0 Å². The minimum absolute atomic E-state index is 0.174. The molecule has 0 aliphatic carbocycles. The zero-order chi connectivity index (χ0) is 16.1. The van der Waals surface area contributed by atoms with Crippen LogP contribution >= 0.6 is 11.3 Å². The van der Waals surface area contributed by atoms with Crippen molar-refractivity contribution in [2.24, 2.45) is 0 Å². The Hall–Kier alpha value is -2.02. The number of hydrogen-bond acceptors (Lipinski definition) is 4. The Morgan fingerprint density at radius 2 is 2.18 bits per heavy atom. The highest BCUT2D eigenvalue weighted by Gasteiger charge is 2.11. The van der Waals surface area contributed by atoms with Crippen LogP contribution in [-0.2, 0) is 11.2 Å². The fourth-order valence-electron chi connectivity index (χ4n) is 1.76. The Morgan fingerprint density at radius 3 is 2.86 bits per heavy atom. The highest BCUT2D eigenvalue weighted by Crippen LogP contribution is 2.26. The lowest BCUT2D eigenvalue weighted by Crippen LogP contribution is -2.28. The summed E-state index contributed by atoms with van der Waals surface area (Å²) < 4.78 is 31.5. The lowest BCUT2D eigenvalue weighted by molar-refractivity contribution is 0.116. The molecule has 2 rings (SSSR count). The molecule has 1 heterocycles. The first-order valence-electron chi connectivity index (χ1n) is 6.80. The lowest BCUT2D eigenvalue weighted by atomic mass is 10.2. The van der Waals surface area contributed by atoms with Gasteiger partial charge >= 0.3 is 6.09 Å². The average Bonchev–Trinajstić information content (AvgIpc) is 2.86. The summed E-state index contributed by atoms with van der Waals surface area (Å²) in [5.74, 6) is -1.26. The van der Waals surface area contributed by atoms with E-state index in [1.807, 2.05) is 0 Å². The van der Waals surface area contributed by atoms with Gasteiger partial charge in [0.2, 0.25) is 0 Å². The monoisotopic (exact) mass is 326 g/mol. The highest BCUT2D eigenvalue weighted by atomic mass is 32.1. The maximum atomic E-state index is 13.7. The summed E-state index contributed by atoms with van der Waals surface area (Å²) in [6, 6.07) is 3.40. The molecular formula is C15H16F2N2O2S. The number of ether oxygens (including phenoxy) is 1. The number of benzene rings is 1. The van der Waals surface area contributed by atoms with E-state index in [9.17, 15) is 13.6 Å². The molecule has 0 atom stereocenters. The quantitative estimate of drug-likeness (QED) is 0.910.